The highest BCUT2D eigenvalue weighted by atomic mass is 15.0. The van der Waals surface area contributed by atoms with Gasteiger partial charge in [0.05, 0.1) is 22.1 Å². The molecule has 10 aromatic rings. The van der Waals surface area contributed by atoms with Gasteiger partial charge in [0.25, 0.3) is 0 Å². The van der Waals surface area contributed by atoms with Crippen LogP contribution < -0.4 is 0 Å². The van der Waals surface area contributed by atoms with Gasteiger partial charge in [-0.05, 0) is 94.0 Å². The molecule has 8 aromatic carbocycles. The molecule has 2 heterocycles. The summed E-state index contributed by atoms with van der Waals surface area (Å²) in [5.41, 5.74) is 14.4. The lowest BCUT2D eigenvalue weighted by atomic mass is 9.99. The van der Waals surface area contributed by atoms with Crippen LogP contribution in [0.4, 0.5) is 0 Å². The summed E-state index contributed by atoms with van der Waals surface area (Å²) in [6, 6.07) is 70.4. The molecule has 0 bridgehead atoms. The van der Waals surface area contributed by atoms with Crippen LogP contribution in [0, 0.1) is 0 Å². The lowest BCUT2D eigenvalue weighted by molar-refractivity contribution is 1.18. The molecule has 10 rings (SSSR count). The van der Waals surface area contributed by atoms with Crippen LogP contribution in [0.5, 0.6) is 0 Å². The van der Waals surface area contributed by atoms with Crippen LogP contribution in [0.3, 0.4) is 0 Å². The number of benzene rings is 8. The Bertz CT molecular complexity index is 2840. The first-order valence-electron chi connectivity index (χ1n) is 17.2. The van der Waals surface area contributed by atoms with Gasteiger partial charge >= 0.3 is 0 Å². The highest BCUT2D eigenvalue weighted by Gasteiger charge is 2.17. The first-order chi connectivity index (χ1) is 24.8. The number of hydrogen-bond acceptors (Lipinski definition) is 0. The van der Waals surface area contributed by atoms with Crippen LogP contribution >= 0.6 is 0 Å². The van der Waals surface area contributed by atoms with Crippen molar-refractivity contribution in [2.24, 2.45) is 0 Å². The second-order valence-corrected chi connectivity index (χ2v) is 13.0. The van der Waals surface area contributed by atoms with Crippen molar-refractivity contribution >= 4 is 43.6 Å². The van der Waals surface area contributed by atoms with Crippen LogP contribution in [0.2, 0.25) is 0 Å². The second-order valence-electron chi connectivity index (χ2n) is 13.0. The summed E-state index contributed by atoms with van der Waals surface area (Å²) in [4.78, 5) is 0. The summed E-state index contributed by atoms with van der Waals surface area (Å²) < 4.78 is 4.82. The summed E-state index contributed by atoms with van der Waals surface area (Å²) in [5.74, 6) is 0. The molecule has 234 valence electrons. The highest BCUT2D eigenvalue weighted by molar-refractivity contribution is 6.13. The van der Waals surface area contributed by atoms with Crippen molar-refractivity contribution in [3.63, 3.8) is 0 Å². The standard InChI is InChI=1S/C48H32N2/c1-4-13-33(14-5-1)35-17-12-20-40(29-35)50-45-22-11-10-21-41(45)42-26-23-38(32-48(42)50)37-25-28-47-44(31-37)43-30-36(34-15-6-2-7-16-34)24-27-46(43)49(47)39-18-8-3-9-19-39/h1-32H. The van der Waals surface area contributed by atoms with Gasteiger partial charge in [-0.2, -0.15) is 0 Å². The molecule has 0 spiro atoms. The number of fused-ring (bicyclic) bond motifs is 6. The zero-order chi connectivity index (χ0) is 33.0. The number of rotatable bonds is 5. The van der Waals surface area contributed by atoms with Gasteiger partial charge in [-0.1, -0.05) is 133 Å². The molecule has 0 aliphatic rings. The Morgan fingerprint density at radius 2 is 0.660 bits per heavy atom. The van der Waals surface area contributed by atoms with E-state index in [4.69, 9.17) is 0 Å². The Balaban J connectivity index is 1.19. The molecule has 0 aliphatic carbocycles. The van der Waals surface area contributed by atoms with Gasteiger partial charge in [-0.15, -0.1) is 0 Å². The quantitative estimate of drug-likeness (QED) is 0.178. The van der Waals surface area contributed by atoms with Crippen molar-refractivity contribution in [3.8, 4) is 44.8 Å². The van der Waals surface area contributed by atoms with E-state index >= 15 is 0 Å². The fraction of sp³-hybridized carbons (Fsp3) is 0. The van der Waals surface area contributed by atoms with E-state index in [-0.39, 0.29) is 0 Å². The maximum Gasteiger partial charge on any atom is 0.0547 e. The van der Waals surface area contributed by atoms with Crippen LogP contribution in [-0.2, 0) is 0 Å². The molecule has 0 amide bonds. The van der Waals surface area contributed by atoms with Crippen molar-refractivity contribution in [2.75, 3.05) is 0 Å². The van der Waals surface area contributed by atoms with Crippen LogP contribution in [-0.4, -0.2) is 9.13 Å². The van der Waals surface area contributed by atoms with Gasteiger partial charge in [0.2, 0.25) is 0 Å². The highest BCUT2D eigenvalue weighted by Crippen LogP contribution is 2.39. The Kier molecular flexibility index (Phi) is 6.53. The summed E-state index contributed by atoms with van der Waals surface area (Å²) in [7, 11) is 0. The molecule has 0 saturated heterocycles. The first-order valence-corrected chi connectivity index (χ1v) is 17.2. The number of para-hydroxylation sites is 2. The largest absolute Gasteiger partial charge is 0.309 e. The summed E-state index contributed by atoms with van der Waals surface area (Å²) in [5, 5.41) is 5.01. The fourth-order valence-corrected chi connectivity index (χ4v) is 7.75. The lowest BCUT2D eigenvalue weighted by Gasteiger charge is -2.11. The van der Waals surface area contributed by atoms with Crippen molar-refractivity contribution in [1.29, 1.82) is 0 Å². The van der Waals surface area contributed by atoms with Crippen molar-refractivity contribution in [2.45, 2.75) is 0 Å². The minimum atomic E-state index is 1.16. The zero-order valence-corrected chi connectivity index (χ0v) is 27.4. The maximum absolute atomic E-state index is 2.42. The third-order valence-electron chi connectivity index (χ3n) is 10.1. The van der Waals surface area contributed by atoms with E-state index in [1.165, 1.54) is 77.0 Å². The van der Waals surface area contributed by atoms with Crippen molar-refractivity contribution < 1.29 is 0 Å². The van der Waals surface area contributed by atoms with E-state index in [0.29, 0.717) is 0 Å². The second kappa shape index (κ2) is 11.5. The van der Waals surface area contributed by atoms with E-state index < -0.39 is 0 Å². The van der Waals surface area contributed by atoms with E-state index in [2.05, 4.69) is 203 Å². The van der Waals surface area contributed by atoms with E-state index in [1.807, 2.05) is 0 Å². The van der Waals surface area contributed by atoms with E-state index in [1.54, 1.807) is 0 Å². The third-order valence-corrected chi connectivity index (χ3v) is 10.1. The predicted molar refractivity (Wildman–Crippen MR) is 211 cm³/mol. The SMILES string of the molecule is c1ccc(-c2cccc(-n3c4ccccc4c4ccc(-c5ccc6c(c5)c5cc(-c7ccccc7)ccc5n6-c5ccccc5)cc43)c2)cc1. The smallest absolute Gasteiger partial charge is 0.0547 e. The topological polar surface area (TPSA) is 9.86 Å². The molecule has 0 radical (unpaired) electrons. The van der Waals surface area contributed by atoms with Crippen LogP contribution in [0.15, 0.2) is 194 Å². The maximum atomic E-state index is 2.42. The average Bonchev–Trinajstić information content (AvgIpc) is 3.70. The van der Waals surface area contributed by atoms with Gasteiger partial charge in [0.1, 0.15) is 0 Å². The van der Waals surface area contributed by atoms with Crippen molar-refractivity contribution in [3.05, 3.63) is 194 Å². The van der Waals surface area contributed by atoms with Gasteiger partial charge in [-0.3, -0.25) is 0 Å². The molecule has 0 saturated carbocycles. The average molecular weight is 637 g/mol. The van der Waals surface area contributed by atoms with Crippen molar-refractivity contribution in [1.82, 2.24) is 9.13 Å². The molecule has 0 N–H and O–H groups in total. The molecule has 0 fully saturated rings. The Labute approximate surface area is 290 Å². The molecule has 0 aliphatic heterocycles. The summed E-state index contributed by atoms with van der Waals surface area (Å²) in [6.45, 7) is 0. The molecule has 2 nitrogen and oxygen atoms in total. The van der Waals surface area contributed by atoms with Gasteiger partial charge in [0, 0.05) is 32.9 Å². The Morgan fingerprint density at radius 1 is 0.220 bits per heavy atom. The van der Waals surface area contributed by atoms with Crippen LogP contribution in [0.25, 0.3) is 88.4 Å². The first kappa shape index (κ1) is 28.4. The molecule has 50 heavy (non-hydrogen) atoms. The molecule has 0 unspecified atom stereocenters. The third kappa shape index (κ3) is 4.57. The lowest BCUT2D eigenvalue weighted by Crippen LogP contribution is -1.94. The van der Waals surface area contributed by atoms with E-state index in [0.717, 1.165) is 11.4 Å². The normalized spacial score (nSPS) is 11.6. The monoisotopic (exact) mass is 636 g/mol. The molecule has 2 aromatic heterocycles. The molecular weight excluding hydrogens is 605 g/mol. The molecular formula is C48H32N2. The summed E-state index contributed by atoms with van der Waals surface area (Å²) >= 11 is 0. The minimum Gasteiger partial charge on any atom is -0.309 e. The van der Waals surface area contributed by atoms with Crippen LogP contribution in [0.1, 0.15) is 0 Å². The van der Waals surface area contributed by atoms with E-state index in [9.17, 15) is 0 Å². The number of hydrogen-bond donors (Lipinski definition) is 0. The Morgan fingerprint density at radius 3 is 1.34 bits per heavy atom. The van der Waals surface area contributed by atoms with Gasteiger partial charge < -0.3 is 9.13 Å². The van der Waals surface area contributed by atoms with Gasteiger partial charge in [-0.25, -0.2) is 0 Å². The number of nitrogens with zero attached hydrogens (tertiary/aromatic N) is 2. The minimum absolute atomic E-state index is 1.16. The zero-order valence-electron chi connectivity index (χ0n) is 27.4. The summed E-state index contributed by atoms with van der Waals surface area (Å²) in [6.07, 6.45) is 0. The van der Waals surface area contributed by atoms with Gasteiger partial charge in [0.15, 0.2) is 0 Å². The number of aromatic nitrogens is 2. The fourth-order valence-electron chi connectivity index (χ4n) is 7.75. The Hall–Kier alpha value is -6.64. The predicted octanol–water partition coefficient (Wildman–Crippen LogP) is 12.9. The molecule has 2 heteroatoms. The molecule has 0 atom stereocenters.